The third-order valence-corrected chi connectivity index (χ3v) is 14.7. The molecule has 3 aliphatic heterocycles. The molecule has 4 aliphatic carbocycles. The summed E-state index contributed by atoms with van der Waals surface area (Å²) in [5.74, 6) is -3.15. The number of ether oxygens (including phenoxy) is 3. The van der Waals surface area contributed by atoms with Gasteiger partial charge in [-0.2, -0.15) is 0 Å². The van der Waals surface area contributed by atoms with Gasteiger partial charge in [-0.1, -0.05) is 55.7 Å². The zero-order valence-electron chi connectivity index (χ0n) is 31.2. The summed E-state index contributed by atoms with van der Waals surface area (Å²) in [5, 5.41) is 4.98. The van der Waals surface area contributed by atoms with Crippen LogP contribution >= 0.6 is 0 Å². The highest BCUT2D eigenvalue weighted by Crippen LogP contribution is 2.53. The summed E-state index contributed by atoms with van der Waals surface area (Å²) in [6.45, 7) is 0.660. The van der Waals surface area contributed by atoms with Crippen molar-refractivity contribution in [2.75, 3.05) is 19.8 Å². The molecule has 7 atom stereocenters. The van der Waals surface area contributed by atoms with Crippen molar-refractivity contribution >= 4 is 39.8 Å². The van der Waals surface area contributed by atoms with E-state index in [-0.39, 0.29) is 43.3 Å². The number of hydrogen-bond acceptors (Lipinski definition) is 10. The van der Waals surface area contributed by atoms with E-state index in [0.29, 0.717) is 58.0 Å². The third-order valence-electron chi connectivity index (χ3n) is 12.9. The summed E-state index contributed by atoms with van der Waals surface area (Å²) in [4.78, 5) is 70.9. The molecule has 8 rings (SSSR count). The quantitative estimate of drug-likeness (QED) is 0.274. The van der Waals surface area contributed by atoms with E-state index in [2.05, 4.69) is 27.5 Å². The van der Waals surface area contributed by atoms with Gasteiger partial charge in [0, 0.05) is 18.8 Å². The number of amides is 4. The molecule has 0 aromatic heterocycles. The normalized spacial score (nSPS) is 33.6. The van der Waals surface area contributed by atoms with Crippen molar-refractivity contribution in [2.24, 2.45) is 11.8 Å². The summed E-state index contributed by atoms with van der Waals surface area (Å²) >= 11 is 0. The van der Waals surface area contributed by atoms with Gasteiger partial charge >= 0.3 is 12.1 Å². The Morgan fingerprint density at radius 1 is 0.945 bits per heavy atom. The van der Waals surface area contributed by atoms with Crippen molar-refractivity contribution in [2.45, 2.75) is 137 Å². The molecular weight excluding hydrogens is 729 g/mol. The van der Waals surface area contributed by atoms with Crippen LogP contribution in [0.15, 0.2) is 36.4 Å². The van der Waals surface area contributed by atoms with Crippen LogP contribution in [0.5, 0.6) is 0 Å². The minimum Gasteiger partial charge on any atom is -0.460 e. The lowest BCUT2D eigenvalue weighted by Crippen LogP contribution is -2.58. The molecule has 0 bridgehead atoms. The number of hydrogen-bond donors (Lipinski definition) is 3. The van der Waals surface area contributed by atoms with Crippen molar-refractivity contribution in [3.05, 3.63) is 47.5 Å². The number of nitrogens with one attached hydrogen (secondary N) is 3. The molecule has 5 fully saturated rings. The van der Waals surface area contributed by atoms with Crippen molar-refractivity contribution < 1.29 is 46.6 Å². The maximum absolute atomic E-state index is 14.5. The van der Waals surface area contributed by atoms with E-state index in [1.165, 1.54) is 10.5 Å². The lowest BCUT2D eigenvalue weighted by Gasteiger charge is -2.48. The van der Waals surface area contributed by atoms with Crippen LogP contribution in [0, 0.1) is 11.8 Å². The van der Waals surface area contributed by atoms with E-state index in [0.717, 1.165) is 37.7 Å². The molecule has 1 aromatic rings. The van der Waals surface area contributed by atoms with Crippen LogP contribution in [0.3, 0.4) is 0 Å². The highest BCUT2D eigenvalue weighted by molar-refractivity contribution is 7.91. The van der Waals surface area contributed by atoms with E-state index >= 15 is 0 Å². The minimum absolute atomic E-state index is 0.0209. The summed E-state index contributed by atoms with van der Waals surface area (Å²) in [6, 6.07) is 6.09. The molecule has 1 aromatic carbocycles. The predicted molar refractivity (Wildman–Crippen MR) is 198 cm³/mol. The second kappa shape index (κ2) is 15.2. The first-order valence-electron chi connectivity index (χ1n) is 20.2. The molecule has 7 aliphatic rings. The molecular formula is C40H52N4O10S. The zero-order valence-corrected chi connectivity index (χ0v) is 32.0. The SMILES string of the molecule is O=C(N[C@H]1CCCCC/C=C\[C@@H]2C[C@@]2(C(=O)NS(=O)(=O)C2CC2)NC(=O)[C@@H]2C[C@@H](OC(=O)C3Cc4ccccc4C4(CCC4)C3)CN2C1=O)O[C@@H]1CCOC1. The van der Waals surface area contributed by atoms with Crippen LogP contribution in [-0.2, 0) is 55.2 Å². The largest absolute Gasteiger partial charge is 0.460 e. The fourth-order valence-electron chi connectivity index (χ4n) is 9.42. The summed E-state index contributed by atoms with van der Waals surface area (Å²) < 4.78 is 44.9. The van der Waals surface area contributed by atoms with Gasteiger partial charge in [0.1, 0.15) is 29.8 Å². The van der Waals surface area contributed by atoms with Crippen LogP contribution in [-0.4, -0.2) is 97.9 Å². The van der Waals surface area contributed by atoms with Crippen LogP contribution in [0.4, 0.5) is 4.79 Å². The number of allylic oxidation sites excluding steroid dienone is 1. The first-order chi connectivity index (χ1) is 26.5. The molecule has 1 spiro atoms. The molecule has 0 radical (unpaired) electrons. The molecule has 3 heterocycles. The van der Waals surface area contributed by atoms with Gasteiger partial charge in [0.2, 0.25) is 21.8 Å². The van der Waals surface area contributed by atoms with Gasteiger partial charge in [0.15, 0.2) is 0 Å². The Labute approximate surface area is 321 Å². The smallest absolute Gasteiger partial charge is 0.408 e. The Morgan fingerprint density at radius 3 is 2.51 bits per heavy atom. The van der Waals surface area contributed by atoms with E-state index in [9.17, 15) is 32.4 Å². The number of fused-ring (bicyclic) bond motifs is 4. The van der Waals surface area contributed by atoms with Gasteiger partial charge in [-0.25, -0.2) is 13.2 Å². The number of sulfonamides is 1. The summed E-state index contributed by atoms with van der Waals surface area (Å²) in [5.41, 5.74) is 0.898. The molecule has 55 heavy (non-hydrogen) atoms. The first-order valence-corrected chi connectivity index (χ1v) is 21.7. The predicted octanol–water partition coefficient (Wildman–Crippen LogP) is 3.07. The third kappa shape index (κ3) is 7.88. The molecule has 298 valence electrons. The lowest BCUT2D eigenvalue weighted by molar-refractivity contribution is -0.155. The summed E-state index contributed by atoms with van der Waals surface area (Å²) in [7, 11) is -3.90. The lowest BCUT2D eigenvalue weighted by atomic mass is 9.56. The zero-order chi connectivity index (χ0) is 38.4. The standard InChI is InChI=1S/C40H52N4O10S/c45-34-33-20-29(53-36(47)26-19-25-9-6-7-11-31(25)39(21-26)16-8-17-39)23-44(33)35(46)32(41-38(49)54-28-15-18-52-24-28)12-5-3-1-2-4-10-27-22-40(27,42-34)37(48)43-55(50,51)30-13-14-30/h4,6-7,9-11,26-30,32-33H,1-3,5,8,12-24H2,(H,41,49)(H,42,45)(H,43,48)/b10-4-/t26?,27-,28-,29-,32+,33+,40-/m1/s1. The number of esters is 1. The number of carbonyl (C=O) groups is 5. The Balaban J connectivity index is 1.04. The first kappa shape index (κ1) is 37.9. The topological polar surface area (TPSA) is 187 Å². The second-order valence-electron chi connectivity index (χ2n) is 16.8. The van der Waals surface area contributed by atoms with Gasteiger partial charge < -0.3 is 29.7 Å². The maximum atomic E-state index is 14.5. The highest BCUT2D eigenvalue weighted by atomic mass is 32.2. The number of carbonyl (C=O) groups excluding carboxylic acids is 5. The van der Waals surface area contributed by atoms with Crippen molar-refractivity contribution in [3.8, 4) is 0 Å². The fraction of sp³-hybridized carbons (Fsp3) is 0.675. The van der Waals surface area contributed by atoms with Crippen molar-refractivity contribution in [1.29, 1.82) is 0 Å². The minimum atomic E-state index is -3.90. The van der Waals surface area contributed by atoms with Crippen LogP contribution in [0.1, 0.15) is 101 Å². The summed E-state index contributed by atoms with van der Waals surface area (Å²) in [6.07, 6.45) is 11.0. The van der Waals surface area contributed by atoms with Gasteiger partial charge in [0.05, 0.1) is 30.9 Å². The molecule has 4 amide bonds. The molecule has 3 saturated carbocycles. The number of nitrogens with zero attached hydrogens (tertiary/aromatic N) is 1. The number of benzene rings is 1. The molecule has 3 N–H and O–H groups in total. The Hall–Kier alpha value is -3.98. The Bertz CT molecular complexity index is 1840. The van der Waals surface area contributed by atoms with Crippen LogP contribution in [0.25, 0.3) is 0 Å². The fourth-order valence-corrected chi connectivity index (χ4v) is 10.8. The van der Waals surface area contributed by atoms with Gasteiger partial charge in [-0.05, 0) is 80.8 Å². The monoisotopic (exact) mass is 780 g/mol. The van der Waals surface area contributed by atoms with Crippen LogP contribution < -0.4 is 15.4 Å². The average Bonchev–Trinajstić information content (AvgIpc) is 4.02. The van der Waals surface area contributed by atoms with E-state index in [1.807, 2.05) is 24.3 Å². The number of alkyl carbamates (subject to hydrolysis) is 1. The highest BCUT2D eigenvalue weighted by Gasteiger charge is 2.62. The molecule has 1 unspecified atom stereocenters. The van der Waals surface area contributed by atoms with Gasteiger partial charge in [0.25, 0.3) is 5.91 Å². The maximum Gasteiger partial charge on any atom is 0.408 e. The Morgan fingerprint density at radius 2 is 1.76 bits per heavy atom. The number of rotatable bonds is 7. The second-order valence-corrected chi connectivity index (χ2v) is 18.8. The molecule has 2 saturated heterocycles. The molecule has 15 heteroatoms. The van der Waals surface area contributed by atoms with E-state index in [4.69, 9.17) is 14.2 Å². The van der Waals surface area contributed by atoms with Gasteiger partial charge in [-0.3, -0.25) is 23.9 Å². The molecule has 14 nitrogen and oxygen atoms in total. The van der Waals surface area contributed by atoms with E-state index in [1.54, 1.807) is 0 Å². The van der Waals surface area contributed by atoms with Gasteiger partial charge in [-0.15, -0.1) is 0 Å². The van der Waals surface area contributed by atoms with E-state index < -0.39 is 74.8 Å². The van der Waals surface area contributed by atoms with Crippen LogP contribution in [0.2, 0.25) is 0 Å². The Kier molecular flexibility index (Phi) is 10.5. The average molecular weight is 781 g/mol. The van der Waals surface area contributed by atoms with Crippen molar-refractivity contribution in [1.82, 2.24) is 20.3 Å². The van der Waals surface area contributed by atoms with Crippen molar-refractivity contribution in [3.63, 3.8) is 0 Å².